The SMILES string of the molecule is C[C@@H]1CN(C(=O)c2ccc(F)cc2)C[C@]12CCN(c1ccsc1)C2=O. The Morgan fingerprint density at radius 2 is 2.04 bits per heavy atom. The molecular weight excluding hydrogens is 339 g/mol. The highest BCUT2D eigenvalue weighted by Gasteiger charge is 2.56. The van der Waals surface area contributed by atoms with Crippen molar-refractivity contribution in [3.05, 3.63) is 52.5 Å². The van der Waals surface area contributed by atoms with Crippen LogP contribution in [-0.2, 0) is 4.79 Å². The molecule has 1 spiro atoms. The molecular formula is C19H19FN2O2S. The highest BCUT2D eigenvalue weighted by Crippen LogP contribution is 2.46. The molecule has 4 nitrogen and oxygen atoms in total. The molecule has 2 saturated heterocycles. The number of hydrogen-bond donors (Lipinski definition) is 0. The molecule has 2 aromatic rings. The van der Waals surface area contributed by atoms with E-state index in [1.54, 1.807) is 16.2 Å². The van der Waals surface area contributed by atoms with Crippen LogP contribution in [-0.4, -0.2) is 36.3 Å². The Morgan fingerprint density at radius 1 is 1.28 bits per heavy atom. The van der Waals surface area contributed by atoms with Crippen LogP contribution in [0.1, 0.15) is 23.7 Å². The summed E-state index contributed by atoms with van der Waals surface area (Å²) in [5.41, 5.74) is 0.908. The van der Waals surface area contributed by atoms with Gasteiger partial charge in [-0.25, -0.2) is 4.39 Å². The van der Waals surface area contributed by atoms with E-state index in [0.29, 0.717) is 25.2 Å². The van der Waals surface area contributed by atoms with Gasteiger partial charge in [-0.3, -0.25) is 9.59 Å². The van der Waals surface area contributed by atoms with Gasteiger partial charge in [0.2, 0.25) is 5.91 Å². The van der Waals surface area contributed by atoms with E-state index in [4.69, 9.17) is 0 Å². The van der Waals surface area contributed by atoms with Crippen molar-refractivity contribution in [1.82, 2.24) is 4.90 Å². The quantitative estimate of drug-likeness (QED) is 0.826. The van der Waals surface area contributed by atoms with Crippen molar-refractivity contribution in [1.29, 1.82) is 0 Å². The Kier molecular flexibility index (Phi) is 3.87. The fraction of sp³-hybridized carbons (Fsp3) is 0.368. The largest absolute Gasteiger partial charge is 0.337 e. The van der Waals surface area contributed by atoms with Gasteiger partial charge in [-0.1, -0.05) is 6.92 Å². The first kappa shape index (κ1) is 16.3. The smallest absolute Gasteiger partial charge is 0.253 e. The normalized spacial score (nSPS) is 26.0. The molecule has 6 heteroatoms. The van der Waals surface area contributed by atoms with Gasteiger partial charge < -0.3 is 9.80 Å². The molecule has 0 bridgehead atoms. The second-order valence-corrected chi connectivity index (χ2v) is 7.72. The van der Waals surface area contributed by atoms with Gasteiger partial charge in [0.25, 0.3) is 5.91 Å². The summed E-state index contributed by atoms with van der Waals surface area (Å²) in [6, 6.07) is 7.55. The number of nitrogens with zero attached hydrogens (tertiary/aromatic N) is 2. The number of halogens is 1. The van der Waals surface area contributed by atoms with Crippen LogP contribution in [0, 0.1) is 17.2 Å². The maximum absolute atomic E-state index is 13.1. The molecule has 0 N–H and O–H groups in total. The summed E-state index contributed by atoms with van der Waals surface area (Å²) in [5, 5.41) is 3.95. The summed E-state index contributed by atoms with van der Waals surface area (Å²) in [6.45, 7) is 3.73. The summed E-state index contributed by atoms with van der Waals surface area (Å²) >= 11 is 1.58. The van der Waals surface area contributed by atoms with Crippen LogP contribution in [0.5, 0.6) is 0 Å². The molecule has 0 saturated carbocycles. The summed E-state index contributed by atoms with van der Waals surface area (Å²) < 4.78 is 13.1. The number of rotatable bonds is 2. The first-order valence-corrected chi connectivity index (χ1v) is 9.34. The minimum atomic E-state index is -0.502. The number of thiophene rings is 1. The first-order valence-electron chi connectivity index (χ1n) is 8.40. The Hall–Kier alpha value is -2.21. The van der Waals surface area contributed by atoms with Gasteiger partial charge in [0.1, 0.15) is 5.82 Å². The van der Waals surface area contributed by atoms with Crippen molar-refractivity contribution in [3.63, 3.8) is 0 Å². The minimum absolute atomic E-state index is 0.105. The molecule has 0 aliphatic carbocycles. The second kappa shape index (κ2) is 5.95. The van der Waals surface area contributed by atoms with Crippen molar-refractivity contribution in [3.8, 4) is 0 Å². The van der Waals surface area contributed by atoms with E-state index in [1.807, 2.05) is 28.7 Å². The molecule has 2 aliphatic heterocycles. The first-order chi connectivity index (χ1) is 12.0. The molecule has 1 aromatic heterocycles. The number of hydrogen-bond acceptors (Lipinski definition) is 3. The van der Waals surface area contributed by atoms with Gasteiger partial charge in [0.05, 0.1) is 11.1 Å². The molecule has 2 fully saturated rings. The fourth-order valence-corrected chi connectivity index (χ4v) is 4.69. The van der Waals surface area contributed by atoms with Crippen LogP contribution in [0.3, 0.4) is 0 Å². The number of amides is 2. The predicted octanol–water partition coefficient (Wildman–Crippen LogP) is 3.40. The van der Waals surface area contributed by atoms with Crippen molar-refractivity contribution in [2.75, 3.05) is 24.5 Å². The van der Waals surface area contributed by atoms with E-state index in [9.17, 15) is 14.0 Å². The number of carbonyl (C=O) groups excluding carboxylic acids is 2. The van der Waals surface area contributed by atoms with Gasteiger partial charge in [0, 0.05) is 30.6 Å². The molecule has 1 aromatic carbocycles. The van der Waals surface area contributed by atoms with Crippen molar-refractivity contribution < 1.29 is 14.0 Å². The van der Waals surface area contributed by atoms with Crippen molar-refractivity contribution in [2.45, 2.75) is 13.3 Å². The summed E-state index contributed by atoms with van der Waals surface area (Å²) in [4.78, 5) is 29.5. The molecule has 3 heterocycles. The van der Waals surface area contributed by atoms with Gasteiger partial charge in [-0.15, -0.1) is 0 Å². The summed E-state index contributed by atoms with van der Waals surface area (Å²) in [5.74, 6) is -0.272. The van der Waals surface area contributed by atoms with E-state index in [2.05, 4.69) is 0 Å². The average Bonchev–Trinajstić information content (AvgIpc) is 3.31. The lowest BCUT2D eigenvalue weighted by Crippen LogP contribution is -2.40. The zero-order chi connectivity index (χ0) is 17.6. The van der Waals surface area contributed by atoms with E-state index >= 15 is 0 Å². The van der Waals surface area contributed by atoms with E-state index in [1.165, 1.54) is 24.3 Å². The predicted molar refractivity (Wildman–Crippen MR) is 95.2 cm³/mol. The third-order valence-electron chi connectivity index (χ3n) is 5.56. The van der Waals surface area contributed by atoms with Crippen LogP contribution in [0.25, 0.3) is 0 Å². The third kappa shape index (κ3) is 2.56. The average molecular weight is 358 g/mol. The fourth-order valence-electron chi connectivity index (χ4n) is 4.05. The maximum atomic E-state index is 13.1. The lowest BCUT2D eigenvalue weighted by Gasteiger charge is -2.26. The molecule has 0 unspecified atom stereocenters. The topological polar surface area (TPSA) is 40.6 Å². The van der Waals surface area contributed by atoms with Gasteiger partial charge >= 0.3 is 0 Å². The monoisotopic (exact) mass is 358 g/mol. The Labute approximate surface area is 149 Å². The van der Waals surface area contributed by atoms with Crippen LogP contribution in [0.2, 0.25) is 0 Å². The highest BCUT2D eigenvalue weighted by molar-refractivity contribution is 7.08. The zero-order valence-electron chi connectivity index (χ0n) is 13.9. The maximum Gasteiger partial charge on any atom is 0.253 e. The summed E-state index contributed by atoms with van der Waals surface area (Å²) in [7, 11) is 0. The Morgan fingerprint density at radius 3 is 2.72 bits per heavy atom. The van der Waals surface area contributed by atoms with E-state index < -0.39 is 5.41 Å². The number of likely N-dealkylation sites (tertiary alicyclic amines) is 1. The zero-order valence-corrected chi connectivity index (χ0v) is 14.8. The van der Waals surface area contributed by atoms with Gasteiger partial charge in [0.15, 0.2) is 0 Å². The van der Waals surface area contributed by atoms with Gasteiger partial charge in [-0.05, 0) is 48.1 Å². The molecule has 2 atom stereocenters. The molecule has 130 valence electrons. The van der Waals surface area contributed by atoms with Crippen molar-refractivity contribution in [2.24, 2.45) is 11.3 Å². The van der Waals surface area contributed by atoms with Crippen LogP contribution in [0.15, 0.2) is 41.1 Å². The highest BCUT2D eigenvalue weighted by atomic mass is 32.1. The number of carbonyl (C=O) groups is 2. The lowest BCUT2D eigenvalue weighted by atomic mass is 9.78. The molecule has 2 amide bonds. The molecule has 25 heavy (non-hydrogen) atoms. The molecule has 0 radical (unpaired) electrons. The number of benzene rings is 1. The minimum Gasteiger partial charge on any atom is -0.337 e. The van der Waals surface area contributed by atoms with E-state index in [-0.39, 0.29) is 23.5 Å². The second-order valence-electron chi connectivity index (χ2n) is 6.94. The van der Waals surface area contributed by atoms with E-state index in [0.717, 1.165) is 12.1 Å². The van der Waals surface area contributed by atoms with Crippen LogP contribution < -0.4 is 4.90 Å². The summed E-state index contributed by atoms with van der Waals surface area (Å²) in [6.07, 6.45) is 0.760. The van der Waals surface area contributed by atoms with Crippen molar-refractivity contribution >= 4 is 28.8 Å². The number of anilines is 1. The Bertz CT molecular complexity index is 805. The Balaban J connectivity index is 1.56. The van der Waals surface area contributed by atoms with Crippen LogP contribution in [0.4, 0.5) is 10.1 Å². The molecule has 4 rings (SSSR count). The van der Waals surface area contributed by atoms with Crippen LogP contribution >= 0.6 is 11.3 Å². The lowest BCUT2D eigenvalue weighted by molar-refractivity contribution is -0.126. The third-order valence-corrected chi connectivity index (χ3v) is 6.23. The standard InChI is InChI=1S/C19H19FN2O2S/c1-13-10-21(17(23)14-2-4-15(20)5-3-14)12-19(13)7-8-22(18(19)24)16-6-9-25-11-16/h2-6,9,11,13H,7-8,10,12H2,1H3/t13-,19-/m1/s1. The van der Waals surface area contributed by atoms with Gasteiger partial charge in [-0.2, -0.15) is 11.3 Å². The molecule has 2 aliphatic rings.